The van der Waals surface area contributed by atoms with Crippen LogP contribution in [0.15, 0.2) is 48.5 Å². The Morgan fingerprint density at radius 1 is 1.19 bits per heavy atom. The number of urea groups is 1. The molecule has 1 atom stereocenters. The van der Waals surface area contributed by atoms with Gasteiger partial charge in [0.05, 0.1) is 18.4 Å². The standard InChI is InChI=1S/C21H22F3N3O3S/c1-26(20(29)25-16-7-5-15(6-8-16)21(22,23)24)11-12-27-18(28)13-31-19(27)14-3-9-17(30-2)10-4-14/h3-10,19H,11-13H2,1-2H3,(H,25,29). The van der Waals surface area contributed by atoms with Crippen molar-refractivity contribution in [3.63, 3.8) is 0 Å². The molecule has 0 radical (unpaired) electrons. The van der Waals surface area contributed by atoms with E-state index in [0.717, 1.165) is 23.4 Å². The maximum atomic E-state index is 12.6. The van der Waals surface area contributed by atoms with Crippen LogP contribution in [0, 0.1) is 0 Å². The zero-order valence-corrected chi connectivity index (χ0v) is 17.8. The summed E-state index contributed by atoms with van der Waals surface area (Å²) in [5.41, 5.74) is 0.441. The van der Waals surface area contributed by atoms with Gasteiger partial charge in [-0.2, -0.15) is 13.2 Å². The van der Waals surface area contributed by atoms with Crippen LogP contribution in [-0.4, -0.2) is 54.7 Å². The molecule has 0 saturated carbocycles. The highest BCUT2D eigenvalue weighted by molar-refractivity contribution is 8.00. The van der Waals surface area contributed by atoms with Crippen LogP contribution in [-0.2, 0) is 11.0 Å². The quantitative estimate of drug-likeness (QED) is 0.702. The van der Waals surface area contributed by atoms with Crippen molar-refractivity contribution in [3.8, 4) is 5.75 Å². The molecule has 2 aromatic rings. The fraction of sp³-hybridized carbons (Fsp3) is 0.333. The van der Waals surface area contributed by atoms with Crippen molar-refractivity contribution in [3.05, 3.63) is 59.7 Å². The first-order chi connectivity index (χ1) is 14.7. The van der Waals surface area contributed by atoms with E-state index in [1.165, 1.54) is 28.8 Å². The summed E-state index contributed by atoms with van der Waals surface area (Å²) in [5, 5.41) is 2.41. The maximum Gasteiger partial charge on any atom is 0.416 e. The first kappa shape index (κ1) is 22.8. The van der Waals surface area contributed by atoms with Gasteiger partial charge in [0.2, 0.25) is 5.91 Å². The van der Waals surface area contributed by atoms with Gasteiger partial charge in [0, 0.05) is 25.8 Å². The van der Waals surface area contributed by atoms with Crippen LogP contribution < -0.4 is 10.1 Å². The Balaban J connectivity index is 1.57. The monoisotopic (exact) mass is 453 g/mol. The smallest absolute Gasteiger partial charge is 0.416 e. The molecule has 1 unspecified atom stereocenters. The number of hydrogen-bond acceptors (Lipinski definition) is 4. The number of alkyl halides is 3. The second-order valence-electron chi connectivity index (χ2n) is 6.95. The summed E-state index contributed by atoms with van der Waals surface area (Å²) >= 11 is 1.52. The maximum absolute atomic E-state index is 12.6. The van der Waals surface area contributed by atoms with E-state index in [1.54, 1.807) is 19.1 Å². The molecule has 1 fully saturated rings. The van der Waals surface area contributed by atoms with Crippen molar-refractivity contribution in [1.29, 1.82) is 0 Å². The number of halogens is 3. The number of thioether (sulfide) groups is 1. The Kier molecular flexibility index (Phi) is 6.99. The average molecular weight is 453 g/mol. The van der Waals surface area contributed by atoms with Gasteiger partial charge in [-0.25, -0.2) is 4.79 Å². The van der Waals surface area contributed by atoms with E-state index in [2.05, 4.69) is 5.32 Å². The molecular formula is C21H22F3N3O3S. The number of anilines is 1. The minimum absolute atomic E-state index is 0.0117. The number of ether oxygens (including phenoxy) is 1. The molecular weight excluding hydrogens is 431 g/mol. The van der Waals surface area contributed by atoms with Crippen molar-refractivity contribution >= 4 is 29.4 Å². The summed E-state index contributed by atoms with van der Waals surface area (Å²) in [7, 11) is 3.15. The molecule has 0 bridgehead atoms. The minimum Gasteiger partial charge on any atom is -0.497 e. The van der Waals surface area contributed by atoms with Gasteiger partial charge in [-0.1, -0.05) is 12.1 Å². The van der Waals surface area contributed by atoms with Gasteiger partial charge >= 0.3 is 12.2 Å². The molecule has 31 heavy (non-hydrogen) atoms. The van der Waals surface area contributed by atoms with E-state index in [9.17, 15) is 22.8 Å². The summed E-state index contributed by atoms with van der Waals surface area (Å²) < 4.78 is 43.1. The number of carbonyl (C=O) groups is 2. The lowest BCUT2D eigenvalue weighted by Gasteiger charge is -2.27. The van der Waals surface area contributed by atoms with E-state index in [1.807, 2.05) is 24.3 Å². The number of hydrogen-bond donors (Lipinski definition) is 1. The van der Waals surface area contributed by atoms with Crippen LogP contribution in [0.5, 0.6) is 5.75 Å². The first-order valence-corrected chi connectivity index (χ1v) is 10.5. The van der Waals surface area contributed by atoms with Crippen LogP contribution in [0.4, 0.5) is 23.7 Å². The molecule has 1 aliphatic rings. The number of nitrogens with zero attached hydrogens (tertiary/aromatic N) is 2. The Morgan fingerprint density at radius 3 is 2.42 bits per heavy atom. The zero-order chi connectivity index (χ0) is 22.6. The molecule has 1 aliphatic heterocycles. The third-order valence-electron chi connectivity index (χ3n) is 4.86. The number of benzene rings is 2. The van der Waals surface area contributed by atoms with E-state index < -0.39 is 17.8 Å². The number of nitrogens with one attached hydrogen (secondary N) is 1. The largest absolute Gasteiger partial charge is 0.497 e. The molecule has 3 rings (SSSR count). The van der Waals surface area contributed by atoms with Crippen LogP contribution in [0.3, 0.4) is 0 Å². The number of amides is 3. The second kappa shape index (κ2) is 9.51. The van der Waals surface area contributed by atoms with Crippen molar-refractivity contribution in [2.75, 3.05) is 38.3 Å². The highest BCUT2D eigenvalue weighted by Gasteiger charge is 2.33. The fourth-order valence-electron chi connectivity index (χ4n) is 3.06. The first-order valence-electron chi connectivity index (χ1n) is 9.43. The number of rotatable bonds is 6. The fourth-order valence-corrected chi connectivity index (χ4v) is 4.28. The lowest BCUT2D eigenvalue weighted by atomic mass is 10.2. The van der Waals surface area contributed by atoms with E-state index in [0.29, 0.717) is 12.3 Å². The van der Waals surface area contributed by atoms with Gasteiger partial charge in [0.15, 0.2) is 0 Å². The van der Waals surface area contributed by atoms with Gasteiger partial charge < -0.3 is 19.9 Å². The third-order valence-corrected chi connectivity index (χ3v) is 6.11. The summed E-state index contributed by atoms with van der Waals surface area (Å²) in [5.74, 6) is 1.07. The molecule has 166 valence electrons. The summed E-state index contributed by atoms with van der Waals surface area (Å²) in [6, 6.07) is 11.2. The zero-order valence-electron chi connectivity index (χ0n) is 17.0. The van der Waals surface area contributed by atoms with E-state index in [4.69, 9.17) is 4.74 Å². The van der Waals surface area contributed by atoms with Crippen LogP contribution >= 0.6 is 11.8 Å². The van der Waals surface area contributed by atoms with E-state index >= 15 is 0 Å². The molecule has 3 amide bonds. The van der Waals surface area contributed by atoms with Gasteiger partial charge in [-0.3, -0.25) is 4.79 Å². The normalized spacial score (nSPS) is 16.4. The molecule has 2 aromatic carbocycles. The second-order valence-corrected chi connectivity index (χ2v) is 8.02. The molecule has 1 N–H and O–H groups in total. The van der Waals surface area contributed by atoms with Crippen LogP contribution in [0.2, 0.25) is 0 Å². The molecule has 0 spiro atoms. The lowest BCUT2D eigenvalue weighted by Crippen LogP contribution is -2.39. The van der Waals surface area contributed by atoms with Gasteiger partial charge in [0.25, 0.3) is 0 Å². The van der Waals surface area contributed by atoms with Crippen molar-refractivity contribution < 1.29 is 27.5 Å². The predicted molar refractivity (Wildman–Crippen MR) is 113 cm³/mol. The Hall–Kier alpha value is -2.88. The number of likely N-dealkylation sites (N-methyl/N-ethyl adjacent to an activating group) is 1. The number of methoxy groups -OCH3 is 1. The summed E-state index contributed by atoms with van der Waals surface area (Å²) in [4.78, 5) is 27.8. The van der Waals surface area contributed by atoms with E-state index in [-0.39, 0.29) is 23.5 Å². The highest BCUT2D eigenvalue weighted by atomic mass is 32.2. The van der Waals surface area contributed by atoms with Gasteiger partial charge in [0.1, 0.15) is 11.1 Å². The minimum atomic E-state index is -4.43. The van der Waals surface area contributed by atoms with Crippen LogP contribution in [0.1, 0.15) is 16.5 Å². The van der Waals surface area contributed by atoms with Crippen molar-refractivity contribution in [2.24, 2.45) is 0 Å². The Bertz CT molecular complexity index is 920. The summed E-state index contributed by atoms with van der Waals surface area (Å²) in [6.45, 7) is 0.602. The van der Waals surface area contributed by atoms with Crippen molar-refractivity contribution in [1.82, 2.24) is 9.80 Å². The van der Waals surface area contributed by atoms with Crippen LogP contribution in [0.25, 0.3) is 0 Å². The number of carbonyl (C=O) groups excluding carboxylic acids is 2. The third kappa shape index (κ3) is 5.63. The molecule has 1 saturated heterocycles. The van der Waals surface area contributed by atoms with Gasteiger partial charge in [-0.15, -0.1) is 11.8 Å². The van der Waals surface area contributed by atoms with Gasteiger partial charge in [-0.05, 0) is 42.0 Å². The molecule has 1 heterocycles. The Labute approximate surface area is 182 Å². The van der Waals surface area contributed by atoms with Crippen molar-refractivity contribution in [2.45, 2.75) is 11.6 Å². The lowest BCUT2D eigenvalue weighted by molar-refractivity contribution is -0.137. The summed E-state index contributed by atoms with van der Waals surface area (Å²) in [6.07, 6.45) is -4.43. The molecule has 0 aromatic heterocycles. The molecule has 6 nitrogen and oxygen atoms in total. The predicted octanol–water partition coefficient (Wildman–Crippen LogP) is 4.45. The Morgan fingerprint density at radius 2 is 1.84 bits per heavy atom. The topological polar surface area (TPSA) is 61.9 Å². The SMILES string of the molecule is COc1ccc(C2SCC(=O)N2CCN(C)C(=O)Nc2ccc(C(F)(F)F)cc2)cc1. The molecule has 0 aliphatic carbocycles. The molecule has 10 heteroatoms. The average Bonchev–Trinajstić information content (AvgIpc) is 3.12. The highest BCUT2D eigenvalue weighted by Crippen LogP contribution is 2.38.